The fraction of sp³-hybridized carbons (Fsp3) is 0.632. The molecular weight excluding hydrogens is 284 g/mol. The minimum atomic E-state index is 0.440. The van der Waals surface area contributed by atoms with Crippen LogP contribution in [0, 0.1) is 5.92 Å². The van der Waals surface area contributed by atoms with Crippen molar-refractivity contribution >= 4 is 16.7 Å². The molecule has 0 saturated carbocycles. The van der Waals surface area contributed by atoms with Gasteiger partial charge in [-0.1, -0.05) is 27.7 Å². The first-order chi connectivity index (χ1) is 11.0. The first kappa shape index (κ1) is 16.3. The SMILES string of the molecule is CC(C)CCN1CCN(c2ccc3nc(C(C)C)[nH]c3c2)CC1. The summed E-state index contributed by atoms with van der Waals surface area (Å²) in [6.07, 6.45) is 1.30. The van der Waals surface area contributed by atoms with Gasteiger partial charge in [0.2, 0.25) is 0 Å². The smallest absolute Gasteiger partial charge is 0.109 e. The Morgan fingerprint density at radius 2 is 1.83 bits per heavy atom. The molecule has 0 atom stereocenters. The van der Waals surface area contributed by atoms with E-state index in [-0.39, 0.29) is 0 Å². The zero-order chi connectivity index (χ0) is 16.4. The van der Waals surface area contributed by atoms with Gasteiger partial charge in [0.1, 0.15) is 5.82 Å². The Kier molecular flexibility index (Phi) is 4.90. The Morgan fingerprint density at radius 3 is 2.48 bits per heavy atom. The second-order valence-electron chi connectivity index (χ2n) is 7.49. The van der Waals surface area contributed by atoms with Crippen LogP contribution >= 0.6 is 0 Å². The summed E-state index contributed by atoms with van der Waals surface area (Å²) >= 11 is 0. The van der Waals surface area contributed by atoms with E-state index in [0.29, 0.717) is 5.92 Å². The Balaban J connectivity index is 1.65. The van der Waals surface area contributed by atoms with Gasteiger partial charge in [-0.2, -0.15) is 0 Å². The molecule has 0 bridgehead atoms. The van der Waals surface area contributed by atoms with E-state index in [4.69, 9.17) is 0 Å². The van der Waals surface area contributed by atoms with E-state index >= 15 is 0 Å². The molecular formula is C19H30N4. The van der Waals surface area contributed by atoms with Gasteiger partial charge in [0.25, 0.3) is 0 Å². The zero-order valence-corrected chi connectivity index (χ0v) is 15.0. The maximum Gasteiger partial charge on any atom is 0.109 e. The Hall–Kier alpha value is -1.55. The highest BCUT2D eigenvalue weighted by atomic mass is 15.3. The quantitative estimate of drug-likeness (QED) is 0.910. The highest BCUT2D eigenvalue weighted by molar-refractivity contribution is 5.79. The third kappa shape index (κ3) is 3.86. The molecule has 0 aliphatic carbocycles. The summed E-state index contributed by atoms with van der Waals surface area (Å²) in [4.78, 5) is 13.2. The van der Waals surface area contributed by atoms with Crippen LogP contribution in [-0.2, 0) is 0 Å². The molecule has 1 aromatic carbocycles. The molecule has 1 fully saturated rings. The number of rotatable bonds is 5. The number of nitrogens with zero attached hydrogens (tertiary/aromatic N) is 3. The highest BCUT2D eigenvalue weighted by Gasteiger charge is 2.18. The number of hydrogen-bond acceptors (Lipinski definition) is 3. The molecule has 1 aromatic heterocycles. The summed E-state index contributed by atoms with van der Waals surface area (Å²) in [5.74, 6) is 2.32. The molecule has 1 aliphatic heterocycles. The number of H-pyrrole nitrogens is 1. The number of piperazine rings is 1. The van der Waals surface area contributed by atoms with Crippen LogP contribution in [0.4, 0.5) is 5.69 Å². The van der Waals surface area contributed by atoms with Crippen LogP contribution in [0.1, 0.15) is 45.9 Å². The number of aromatic amines is 1. The molecule has 1 N–H and O–H groups in total. The molecule has 23 heavy (non-hydrogen) atoms. The van der Waals surface area contributed by atoms with E-state index in [1.54, 1.807) is 0 Å². The van der Waals surface area contributed by atoms with Crippen LogP contribution in [0.15, 0.2) is 18.2 Å². The van der Waals surface area contributed by atoms with Gasteiger partial charge in [-0.25, -0.2) is 4.98 Å². The van der Waals surface area contributed by atoms with Crippen LogP contribution in [0.5, 0.6) is 0 Å². The van der Waals surface area contributed by atoms with Gasteiger partial charge in [0, 0.05) is 37.8 Å². The molecule has 4 heteroatoms. The first-order valence-corrected chi connectivity index (χ1v) is 9.00. The lowest BCUT2D eigenvalue weighted by molar-refractivity contribution is 0.244. The van der Waals surface area contributed by atoms with Gasteiger partial charge in [-0.15, -0.1) is 0 Å². The number of nitrogens with one attached hydrogen (secondary N) is 1. The molecule has 0 spiro atoms. The average molecular weight is 314 g/mol. The number of aromatic nitrogens is 2. The second-order valence-corrected chi connectivity index (χ2v) is 7.49. The molecule has 0 radical (unpaired) electrons. The molecule has 126 valence electrons. The summed E-state index contributed by atoms with van der Waals surface area (Å²) in [6, 6.07) is 6.63. The van der Waals surface area contributed by atoms with Crippen LogP contribution < -0.4 is 4.90 Å². The molecule has 1 aliphatic rings. The fourth-order valence-electron chi connectivity index (χ4n) is 3.16. The van der Waals surface area contributed by atoms with E-state index in [1.165, 1.54) is 31.7 Å². The lowest BCUT2D eigenvalue weighted by atomic mass is 10.1. The average Bonchev–Trinajstić information content (AvgIpc) is 2.97. The lowest BCUT2D eigenvalue weighted by Crippen LogP contribution is -2.46. The van der Waals surface area contributed by atoms with Crippen LogP contribution in [0.25, 0.3) is 11.0 Å². The number of fused-ring (bicyclic) bond motifs is 1. The Morgan fingerprint density at radius 1 is 1.09 bits per heavy atom. The molecule has 0 amide bonds. The lowest BCUT2D eigenvalue weighted by Gasteiger charge is -2.36. The van der Waals surface area contributed by atoms with E-state index in [0.717, 1.165) is 35.9 Å². The van der Waals surface area contributed by atoms with E-state index in [1.807, 2.05) is 0 Å². The van der Waals surface area contributed by atoms with Crippen molar-refractivity contribution < 1.29 is 0 Å². The number of imidazole rings is 1. The molecule has 2 heterocycles. The predicted molar refractivity (Wildman–Crippen MR) is 98.3 cm³/mol. The van der Waals surface area contributed by atoms with Crippen molar-refractivity contribution in [3.8, 4) is 0 Å². The van der Waals surface area contributed by atoms with Crippen molar-refractivity contribution in [1.29, 1.82) is 0 Å². The molecule has 0 unspecified atom stereocenters. The summed E-state index contributed by atoms with van der Waals surface area (Å²) in [5, 5.41) is 0. The standard InChI is InChI=1S/C19H30N4/c1-14(2)7-8-22-9-11-23(12-10-22)16-5-6-17-18(13-16)21-19(20-17)15(3)4/h5-6,13-15H,7-12H2,1-4H3,(H,20,21). The van der Waals surface area contributed by atoms with Crippen LogP contribution in [0.3, 0.4) is 0 Å². The fourth-order valence-corrected chi connectivity index (χ4v) is 3.16. The Bertz CT molecular complexity index is 636. The van der Waals surface area contributed by atoms with E-state index < -0.39 is 0 Å². The monoisotopic (exact) mass is 314 g/mol. The molecule has 2 aromatic rings. The van der Waals surface area contributed by atoms with Crippen molar-refractivity contribution in [2.75, 3.05) is 37.6 Å². The van der Waals surface area contributed by atoms with Gasteiger partial charge in [0.05, 0.1) is 11.0 Å². The number of hydrogen-bond donors (Lipinski definition) is 1. The minimum Gasteiger partial charge on any atom is -0.369 e. The van der Waals surface area contributed by atoms with Gasteiger partial charge in [0.15, 0.2) is 0 Å². The summed E-state index contributed by atoms with van der Waals surface area (Å²) in [6.45, 7) is 14.8. The third-order valence-electron chi connectivity index (χ3n) is 4.79. The third-order valence-corrected chi connectivity index (χ3v) is 4.79. The summed E-state index contributed by atoms with van der Waals surface area (Å²) < 4.78 is 0. The van der Waals surface area contributed by atoms with Crippen LogP contribution in [-0.4, -0.2) is 47.6 Å². The van der Waals surface area contributed by atoms with Gasteiger partial charge in [-0.05, 0) is 37.1 Å². The topological polar surface area (TPSA) is 35.2 Å². The largest absolute Gasteiger partial charge is 0.369 e. The predicted octanol–water partition coefficient (Wildman–Crippen LogP) is 3.85. The first-order valence-electron chi connectivity index (χ1n) is 9.00. The van der Waals surface area contributed by atoms with Gasteiger partial charge in [-0.3, -0.25) is 4.90 Å². The Labute approximate surface area is 139 Å². The number of benzene rings is 1. The second kappa shape index (κ2) is 6.91. The highest BCUT2D eigenvalue weighted by Crippen LogP contribution is 2.24. The molecule has 1 saturated heterocycles. The minimum absolute atomic E-state index is 0.440. The summed E-state index contributed by atoms with van der Waals surface area (Å²) in [5.41, 5.74) is 3.56. The maximum absolute atomic E-state index is 4.67. The van der Waals surface area contributed by atoms with E-state index in [9.17, 15) is 0 Å². The van der Waals surface area contributed by atoms with Crippen molar-refractivity contribution in [1.82, 2.24) is 14.9 Å². The maximum atomic E-state index is 4.67. The zero-order valence-electron chi connectivity index (χ0n) is 15.0. The van der Waals surface area contributed by atoms with Gasteiger partial charge >= 0.3 is 0 Å². The summed E-state index contributed by atoms with van der Waals surface area (Å²) in [7, 11) is 0. The van der Waals surface area contributed by atoms with E-state index in [2.05, 4.69) is 65.7 Å². The van der Waals surface area contributed by atoms with Crippen molar-refractivity contribution in [2.24, 2.45) is 5.92 Å². The number of anilines is 1. The molecule has 4 nitrogen and oxygen atoms in total. The normalized spacial score (nSPS) is 16.9. The van der Waals surface area contributed by atoms with Crippen molar-refractivity contribution in [3.63, 3.8) is 0 Å². The van der Waals surface area contributed by atoms with Crippen molar-refractivity contribution in [2.45, 2.75) is 40.0 Å². The molecule has 3 rings (SSSR count). The van der Waals surface area contributed by atoms with Crippen molar-refractivity contribution in [3.05, 3.63) is 24.0 Å². The van der Waals surface area contributed by atoms with Crippen LogP contribution in [0.2, 0.25) is 0 Å². The van der Waals surface area contributed by atoms with Gasteiger partial charge < -0.3 is 9.88 Å².